The van der Waals surface area contributed by atoms with Gasteiger partial charge in [-0.15, -0.1) is 0 Å². The number of benzene rings is 1. The van der Waals surface area contributed by atoms with Crippen LogP contribution in [0.15, 0.2) is 18.2 Å². The maximum absolute atomic E-state index is 10.1. The average Bonchev–Trinajstić information content (AvgIpc) is 2.72. The molecule has 0 saturated heterocycles. The fourth-order valence-corrected chi connectivity index (χ4v) is 2.74. The van der Waals surface area contributed by atoms with Gasteiger partial charge in [0.1, 0.15) is 5.75 Å². The number of aromatic nitrogens is 2. The van der Waals surface area contributed by atoms with Crippen LogP contribution in [-0.4, -0.2) is 22.0 Å². The largest absolute Gasteiger partial charge is 0.496 e. The summed E-state index contributed by atoms with van der Waals surface area (Å²) < 4.78 is 7.27. The van der Waals surface area contributed by atoms with Crippen molar-refractivity contribution in [3.63, 3.8) is 0 Å². The molecule has 1 N–H and O–H groups in total. The lowest BCUT2D eigenvalue weighted by atomic mass is 10.1. The van der Waals surface area contributed by atoms with Gasteiger partial charge in [-0.3, -0.25) is 0 Å². The Hall–Kier alpha value is -1.81. The Kier molecular flexibility index (Phi) is 4.14. The van der Waals surface area contributed by atoms with Gasteiger partial charge in [0, 0.05) is 11.3 Å². The molecule has 0 spiro atoms. The minimum atomic E-state index is -0.616. The molecule has 4 nitrogen and oxygen atoms in total. The molecule has 0 fully saturated rings. The summed E-state index contributed by atoms with van der Waals surface area (Å²) >= 11 is 0. The number of aliphatic hydroxyl groups excluding tert-OH is 1. The van der Waals surface area contributed by atoms with Gasteiger partial charge in [0.15, 0.2) is 0 Å². The number of rotatable bonds is 4. The molecule has 0 bridgehead atoms. The predicted octanol–water partition coefficient (Wildman–Crippen LogP) is 3.11. The first-order chi connectivity index (χ1) is 9.51. The van der Waals surface area contributed by atoms with Gasteiger partial charge in [0.2, 0.25) is 0 Å². The number of methoxy groups -OCH3 is 1. The number of ether oxygens (including phenoxy) is 1. The van der Waals surface area contributed by atoms with Crippen molar-refractivity contribution >= 4 is 0 Å². The summed E-state index contributed by atoms with van der Waals surface area (Å²) in [6.45, 7) is 7.95. The molecular weight excluding hydrogens is 252 g/mol. The molecule has 0 aliphatic carbocycles. The zero-order chi connectivity index (χ0) is 14.9. The minimum absolute atomic E-state index is 0.616. The van der Waals surface area contributed by atoms with Gasteiger partial charge in [-0.2, -0.15) is 5.10 Å². The number of hydrogen-bond acceptors (Lipinski definition) is 3. The quantitative estimate of drug-likeness (QED) is 0.932. The second kappa shape index (κ2) is 5.67. The lowest BCUT2D eigenvalue weighted by molar-refractivity contribution is 0.194. The maximum Gasteiger partial charge on any atom is 0.126 e. The summed E-state index contributed by atoms with van der Waals surface area (Å²) in [4.78, 5) is 0. The molecule has 1 aromatic carbocycles. The van der Waals surface area contributed by atoms with Crippen LogP contribution in [0, 0.1) is 13.8 Å². The molecule has 20 heavy (non-hydrogen) atoms. The molecule has 0 aliphatic rings. The van der Waals surface area contributed by atoms with Gasteiger partial charge >= 0.3 is 0 Å². The van der Waals surface area contributed by atoms with E-state index in [0.717, 1.165) is 29.1 Å². The van der Waals surface area contributed by atoms with Crippen LogP contribution in [0.25, 0.3) is 5.69 Å². The van der Waals surface area contributed by atoms with E-state index in [0.29, 0.717) is 5.75 Å². The van der Waals surface area contributed by atoms with E-state index in [2.05, 4.69) is 18.9 Å². The van der Waals surface area contributed by atoms with Crippen LogP contribution in [-0.2, 0) is 6.42 Å². The standard InChI is InChI=1S/C16H22N2O2/c1-6-13-10(2)17-18(11(13)3)14-8-7-9-15(20-5)16(14)12(4)19/h7-9,12,19H,6H2,1-5H3/t12-/m0/s1. The lowest BCUT2D eigenvalue weighted by Crippen LogP contribution is -2.07. The van der Waals surface area contributed by atoms with Crippen molar-refractivity contribution in [2.75, 3.05) is 7.11 Å². The molecule has 4 heteroatoms. The Morgan fingerprint density at radius 2 is 2.05 bits per heavy atom. The topological polar surface area (TPSA) is 47.3 Å². The first-order valence-corrected chi connectivity index (χ1v) is 6.91. The molecule has 2 rings (SSSR count). The molecule has 0 amide bonds. The molecule has 108 valence electrons. The monoisotopic (exact) mass is 274 g/mol. The Morgan fingerprint density at radius 3 is 2.55 bits per heavy atom. The summed E-state index contributed by atoms with van der Waals surface area (Å²) in [7, 11) is 1.61. The number of aliphatic hydroxyl groups is 1. The molecule has 1 heterocycles. The highest BCUT2D eigenvalue weighted by atomic mass is 16.5. The number of nitrogens with zero attached hydrogens (tertiary/aromatic N) is 2. The highest BCUT2D eigenvalue weighted by molar-refractivity contribution is 5.52. The molecular formula is C16H22N2O2. The highest BCUT2D eigenvalue weighted by Crippen LogP contribution is 2.32. The Morgan fingerprint density at radius 1 is 1.35 bits per heavy atom. The molecule has 0 aliphatic heterocycles. The summed E-state index contributed by atoms with van der Waals surface area (Å²) in [6.07, 6.45) is 0.334. The third kappa shape index (κ3) is 2.31. The van der Waals surface area contributed by atoms with Gasteiger partial charge in [0.05, 0.1) is 24.6 Å². The first kappa shape index (κ1) is 14.6. The van der Waals surface area contributed by atoms with Crippen LogP contribution in [0.4, 0.5) is 0 Å². The van der Waals surface area contributed by atoms with Crippen molar-refractivity contribution in [2.24, 2.45) is 0 Å². The smallest absolute Gasteiger partial charge is 0.126 e. The van der Waals surface area contributed by atoms with Gasteiger partial charge in [-0.25, -0.2) is 4.68 Å². The van der Waals surface area contributed by atoms with Crippen LogP contribution in [0.2, 0.25) is 0 Å². The third-order valence-corrected chi connectivity index (χ3v) is 3.70. The molecule has 1 atom stereocenters. The van der Waals surface area contributed by atoms with Crippen molar-refractivity contribution in [1.29, 1.82) is 0 Å². The van der Waals surface area contributed by atoms with Crippen LogP contribution in [0.3, 0.4) is 0 Å². The third-order valence-electron chi connectivity index (χ3n) is 3.70. The maximum atomic E-state index is 10.1. The van der Waals surface area contributed by atoms with E-state index in [1.807, 2.05) is 29.8 Å². The number of aryl methyl sites for hydroxylation is 1. The zero-order valence-corrected chi connectivity index (χ0v) is 12.8. The van der Waals surface area contributed by atoms with Crippen molar-refractivity contribution in [3.05, 3.63) is 40.7 Å². The number of hydrogen-bond donors (Lipinski definition) is 1. The first-order valence-electron chi connectivity index (χ1n) is 6.91. The second-order valence-corrected chi connectivity index (χ2v) is 4.98. The van der Waals surface area contributed by atoms with Crippen molar-refractivity contribution < 1.29 is 9.84 Å². The van der Waals surface area contributed by atoms with Crippen molar-refractivity contribution in [2.45, 2.75) is 40.2 Å². The van der Waals surface area contributed by atoms with Gasteiger partial charge in [0.25, 0.3) is 0 Å². The van der Waals surface area contributed by atoms with E-state index in [1.165, 1.54) is 5.56 Å². The Balaban J connectivity index is 2.70. The SMILES string of the molecule is CCc1c(C)nn(-c2cccc(OC)c2[C@H](C)O)c1C. The minimum Gasteiger partial charge on any atom is -0.496 e. The molecule has 0 unspecified atom stereocenters. The average molecular weight is 274 g/mol. The summed E-state index contributed by atoms with van der Waals surface area (Å²) in [6, 6.07) is 5.74. The van der Waals surface area contributed by atoms with Crippen LogP contribution in [0.5, 0.6) is 5.75 Å². The van der Waals surface area contributed by atoms with Crippen LogP contribution in [0.1, 0.15) is 42.5 Å². The van der Waals surface area contributed by atoms with E-state index in [1.54, 1.807) is 14.0 Å². The molecule has 1 aromatic heterocycles. The second-order valence-electron chi connectivity index (χ2n) is 4.98. The van der Waals surface area contributed by atoms with Crippen molar-refractivity contribution in [3.8, 4) is 11.4 Å². The summed E-state index contributed by atoms with van der Waals surface area (Å²) in [5.41, 5.74) is 5.04. The van der Waals surface area contributed by atoms with Crippen molar-refractivity contribution in [1.82, 2.24) is 9.78 Å². The Labute approximate surface area is 120 Å². The van der Waals surface area contributed by atoms with E-state index in [-0.39, 0.29) is 0 Å². The van der Waals surface area contributed by atoms with Crippen LogP contribution >= 0.6 is 0 Å². The molecule has 0 radical (unpaired) electrons. The van der Waals surface area contributed by atoms with E-state index in [4.69, 9.17) is 4.74 Å². The molecule has 2 aromatic rings. The van der Waals surface area contributed by atoms with Gasteiger partial charge < -0.3 is 9.84 Å². The summed E-state index contributed by atoms with van der Waals surface area (Å²) in [5.74, 6) is 0.683. The fourth-order valence-electron chi connectivity index (χ4n) is 2.74. The molecule has 0 saturated carbocycles. The highest BCUT2D eigenvalue weighted by Gasteiger charge is 2.19. The van der Waals surface area contributed by atoms with E-state index >= 15 is 0 Å². The lowest BCUT2D eigenvalue weighted by Gasteiger charge is -2.17. The van der Waals surface area contributed by atoms with Crippen LogP contribution < -0.4 is 4.74 Å². The van der Waals surface area contributed by atoms with Gasteiger partial charge in [-0.1, -0.05) is 13.0 Å². The normalized spacial score (nSPS) is 12.5. The predicted molar refractivity (Wildman–Crippen MR) is 79.6 cm³/mol. The Bertz CT molecular complexity index is 615. The van der Waals surface area contributed by atoms with E-state index in [9.17, 15) is 5.11 Å². The van der Waals surface area contributed by atoms with E-state index < -0.39 is 6.10 Å². The van der Waals surface area contributed by atoms with Gasteiger partial charge in [-0.05, 0) is 44.9 Å². The summed E-state index contributed by atoms with van der Waals surface area (Å²) in [5, 5.41) is 14.7. The fraction of sp³-hybridized carbons (Fsp3) is 0.438. The zero-order valence-electron chi connectivity index (χ0n) is 12.8.